The number of benzene rings is 1. The second kappa shape index (κ2) is 5.96. The molecule has 6 nitrogen and oxygen atoms in total. The van der Waals surface area contributed by atoms with E-state index in [2.05, 4.69) is 20.0 Å². The number of aromatic nitrogens is 4. The smallest absolute Gasteiger partial charge is 0.251 e. The topological polar surface area (TPSA) is 64.7 Å². The van der Waals surface area contributed by atoms with Gasteiger partial charge in [0.25, 0.3) is 5.91 Å². The van der Waals surface area contributed by atoms with Crippen molar-refractivity contribution >= 4 is 5.91 Å². The van der Waals surface area contributed by atoms with Gasteiger partial charge in [0.15, 0.2) is 0 Å². The van der Waals surface area contributed by atoms with Crippen LogP contribution in [0.5, 0.6) is 0 Å². The van der Waals surface area contributed by atoms with Crippen LogP contribution < -0.4 is 5.32 Å². The molecule has 3 heterocycles. The van der Waals surface area contributed by atoms with Gasteiger partial charge in [-0.3, -0.25) is 4.79 Å². The summed E-state index contributed by atoms with van der Waals surface area (Å²) >= 11 is 0. The number of rotatable bonds is 3. The second-order valence-corrected chi connectivity index (χ2v) is 6.15. The minimum Gasteiger partial charge on any atom is -0.347 e. The molecule has 122 valence electrons. The molecule has 1 aliphatic heterocycles. The molecule has 0 saturated heterocycles. The first-order valence-corrected chi connectivity index (χ1v) is 8.12. The molecule has 0 fully saturated rings. The molecule has 0 radical (unpaired) electrons. The molecule has 1 atom stereocenters. The van der Waals surface area contributed by atoms with Crippen LogP contribution >= 0.6 is 0 Å². The van der Waals surface area contributed by atoms with Gasteiger partial charge >= 0.3 is 0 Å². The quantitative estimate of drug-likeness (QED) is 0.803. The Hall–Kier alpha value is -2.89. The van der Waals surface area contributed by atoms with Crippen LogP contribution in [-0.2, 0) is 13.0 Å². The van der Waals surface area contributed by atoms with E-state index < -0.39 is 0 Å². The van der Waals surface area contributed by atoms with Crippen molar-refractivity contribution in [3.8, 4) is 5.69 Å². The summed E-state index contributed by atoms with van der Waals surface area (Å²) in [6.45, 7) is 2.74. The van der Waals surface area contributed by atoms with Gasteiger partial charge in [-0.15, -0.1) is 0 Å². The molecule has 1 aromatic carbocycles. The van der Waals surface area contributed by atoms with Crippen LogP contribution in [0, 0.1) is 6.92 Å². The van der Waals surface area contributed by atoms with Crippen LogP contribution in [0.25, 0.3) is 5.69 Å². The Morgan fingerprint density at radius 2 is 2.04 bits per heavy atom. The van der Waals surface area contributed by atoms with Crippen LogP contribution in [0.15, 0.2) is 48.9 Å². The molecule has 3 aromatic rings. The molecule has 24 heavy (non-hydrogen) atoms. The summed E-state index contributed by atoms with van der Waals surface area (Å²) in [6, 6.07) is 9.61. The summed E-state index contributed by atoms with van der Waals surface area (Å²) in [6.07, 6.45) is 7.52. The van der Waals surface area contributed by atoms with Gasteiger partial charge in [0.1, 0.15) is 5.82 Å². The molecule has 1 amide bonds. The Bertz CT molecular complexity index is 862. The Balaban J connectivity index is 1.43. The number of hydrogen-bond acceptors (Lipinski definition) is 3. The van der Waals surface area contributed by atoms with Crippen LogP contribution in [0.2, 0.25) is 0 Å². The maximum atomic E-state index is 12.5. The Morgan fingerprint density at radius 3 is 2.79 bits per heavy atom. The standard InChI is InChI=1S/C18H19N5O/c1-13-8-10-23(21-13)16-5-2-14(3-6-16)18(24)20-15-4-7-17-19-9-11-22(17)12-15/h2-3,5-6,8-11,15H,4,7,12H2,1H3,(H,20,24)/t15-/m0/s1. The number of amides is 1. The highest BCUT2D eigenvalue weighted by Crippen LogP contribution is 2.14. The number of aryl methyl sites for hydroxylation is 2. The average molecular weight is 321 g/mol. The van der Waals surface area contributed by atoms with E-state index in [9.17, 15) is 4.79 Å². The summed E-state index contributed by atoms with van der Waals surface area (Å²) in [5, 5.41) is 7.49. The van der Waals surface area contributed by atoms with E-state index in [1.807, 2.05) is 55.8 Å². The number of nitrogens with zero attached hydrogens (tertiary/aromatic N) is 4. The zero-order chi connectivity index (χ0) is 16.5. The number of hydrogen-bond donors (Lipinski definition) is 1. The Morgan fingerprint density at radius 1 is 1.21 bits per heavy atom. The minimum absolute atomic E-state index is 0.0354. The van der Waals surface area contributed by atoms with E-state index in [4.69, 9.17) is 0 Å². The number of carbonyl (C=O) groups excluding carboxylic acids is 1. The average Bonchev–Trinajstić information content (AvgIpc) is 3.23. The number of imidazole rings is 1. The van der Waals surface area contributed by atoms with E-state index >= 15 is 0 Å². The first-order valence-electron chi connectivity index (χ1n) is 8.12. The predicted molar refractivity (Wildman–Crippen MR) is 90.1 cm³/mol. The van der Waals surface area contributed by atoms with Gasteiger partial charge in [-0.05, 0) is 43.7 Å². The lowest BCUT2D eigenvalue weighted by molar-refractivity contribution is 0.0927. The van der Waals surface area contributed by atoms with E-state index in [0.717, 1.165) is 36.6 Å². The minimum atomic E-state index is -0.0354. The summed E-state index contributed by atoms with van der Waals surface area (Å²) in [5.41, 5.74) is 2.58. The molecule has 0 aliphatic carbocycles. The van der Waals surface area contributed by atoms with Crippen molar-refractivity contribution in [1.29, 1.82) is 0 Å². The Kier molecular flexibility index (Phi) is 3.65. The predicted octanol–water partition coefficient (Wildman–Crippen LogP) is 2.12. The molecule has 1 N–H and O–H groups in total. The van der Waals surface area contributed by atoms with E-state index in [1.54, 1.807) is 4.68 Å². The molecule has 4 rings (SSSR count). The van der Waals surface area contributed by atoms with Crippen molar-refractivity contribution in [1.82, 2.24) is 24.6 Å². The fourth-order valence-corrected chi connectivity index (χ4v) is 3.08. The molecule has 0 bridgehead atoms. The molecule has 0 spiro atoms. The fraction of sp³-hybridized carbons (Fsp3) is 0.278. The van der Waals surface area contributed by atoms with E-state index in [0.29, 0.717) is 5.56 Å². The molecular weight excluding hydrogens is 302 g/mol. The summed E-state index contributed by atoms with van der Waals surface area (Å²) in [7, 11) is 0. The lowest BCUT2D eigenvalue weighted by Crippen LogP contribution is -2.40. The van der Waals surface area contributed by atoms with Gasteiger partial charge in [-0.2, -0.15) is 5.10 Å². The second-order valence-electron chi connectivity index (χ2n) is 6.15. The molecule has 6 heteroatoms. The van der Waals surface area contributed by atoms with Crippen molar-refractivity contribution in [3.05, 3.63) is 66.0 Å². The van der Waals surface area contributed by atoms with Gasteiger partial charge in [0, 0.05) is 43.2 Å². The molecule has 1 aliphatic rings. The lowest BCUT2D eigenvalue weighted by Gasteiger charge is -2.24. The molecule has 2 aromatic heterocycles. The van der Waals surface area contributed by atoms with Gasteiger partial charge in [-0.25, -0.2) is 9.67 Å². The highest BCUT2D eigenvalue weighted by atomic mass is 16.1. The van der Waals surface area contributed by atoms with Gasteiger partial charge in [0.2, 0.25) is 0 Å². The van der Waals surface area contributed by atoms with Crippen molar-refractivity contribution in [2.24, 2.45) is 0 Å². The highest BCUT2D eigenvalue weighted by molar-refractivity contribution is 5.94. The molecular formula is C18H19N5O. The van der Waals surface area contributed by atoms with Crippen molar-refractivity contribution in [2.45, 2.75) is 32.4 Å². The van der Waals surface area contributed by atoms with Gasteiger partial charge in [-0.1, -0.05) is 0 Å². The zero-order valence-electron chi connectivity index (χ0n) is 13.5. The largest absolute Gasteiger partial charge is 0.347 e. The van der Waals surface area contributed by atoms with Gasteiger partial charge < -0.3 is 9.88 Å². The van der Waals surface area contributed by atoms with Gasteiger partial charge in [0.05, 0.1) is 11.4 Å². The number of nitrogens with one attached hydrogen (secondary N) is 1. The first-order chi connectivity index (χ1) is 11.7. The van der Waals surface area contributed by atoms with Crippen LogP contribution in [0.4, 0.5) is 0 Å². The van der Waals surface area contributed by atoms with Crippen LogP contribution in [0.3, 0.4) is 0 Å². The van der Waals surface area contributed by atoms with Crippen molar-refractivity contribution in [2.75, 3.05) is 0 Å². The molecule has 0 saturated carbocycles. The highest BCUT2D eigenvalue weighted by Gasteiger charge is 2.20. The van der Waals surface area contributed by atoms with Crippen LogP contribution in [-0.4, -0.2) is 31.3 Å². The summed E-state index contributed by atoms with van der Waals surface area (Å²) in [5.74, 6) is 1.06. The first kappa shape index (κ1) is 14.7. The third kappa shape index (κ3) is 2.82. The maximum Gasteiger partial charge on any atom is 0.251 e. The van der Waals surface area contributed by atoms with E-state index in [1.165, 1.54) is 0 Å². The maximum absolute atomic E-state index is 12.5. The lowest BCUT2D eigenvalue weighted by atomic mass is 10.1. The van der Waals surface area contributed by atoms with E-state index in [-0.39, 0.29) is 11.9 Å². The van der Waals surface area contributed by atoms with Crippen LogP contribution in [0.1, 0.15) is 28.3 Å². The third-order valence-electron chi connectivity index (χ3n) is 4.39. The normalized spacial score (nSPS) is 16.6. The third-order valence-corrected chi connectivity index (χ3v) is 4.39. The fourth-order valence-electron chi connectivity index (χ4n) is 3.08. The number of carbonyl (C=O) groups is 1. The zero-order valence-corrected chi connectivity index (χ0v) is 13.5. The summed E-state index contributed by atoms with van der Waals surface area (Å²) in [4.78, 5) is 16.8. The number of fused-ring (bicyclic) bond motifs is 1. The van der Waals surface area contributed by atoms with Crippen molar-refractivity contribution in [3.63, 3.8) is 0 Å². The summed E-state index contributed by atoms with van der Waals surface area (Å²) < 4.78 is 3.91. The SMILES string of the molecule is Cc1ccn(-c2ccc(C(=O)N[C@H]3CCc4nccn4C3)cc2)n1. The monoisotopic (exact) mass is 321 g/mol. The Labute approximate surface area is 140 Å². The molecule has 0 unspecified atom stereocenters. The van der Waals surface area contributed by atoms with Crippen molar-refractivity contribution < 1.29 is 4.79 Å².